The molecule has 6 N–H and O–H groups in total. The first-order valence-electron chi connectivity index (χ1n) is 3.94. The molecule has 68 valence electrons. The number of hydrogen-bond acceptors (Lipinski definition) is 4. The van der Waals surface area contributed by atoms with Crippen LogP contribution in [0, 0.1) is 11.8 Å². The smallest absolute Gasteiger partial charge is 0.146 e. The van der Waals surface area contributed by atoms with Crippen molar-refractivity contribution >= 4 is 11.5 Å². The SMILES string of the molecule is NCCC#Cc1cnc(N)c(N)c1. The van der Waals surface area contributed by atoms with E-state index < -0.39 is 0 Å². The summed E-state index contributed by atoms with van der Waals surface area (Å²) in [5, 5.41) is 0. The lowest BCUT2D eigenvalue weighted by molar-refractivity contribution is 1.03. The highest BCUT2D eigenvalue weighted by Crippen LogP contribution is 2.11. The van der Waals surface area contributed by atoms with E-state index >= 15 is 0 Å². The fraction of sp³-hybridized carbons (Fsp3) is 0.222. The van der Waals surface area contributed by atoms with Crippen LogP contribution >= 0.6 is 0 Å². The van der Waals surface area contributed by atoms with E-state index in [1.807, 2.05) is 0 Å². The zero-order valence-electron chi connectivity index (χ0n) is 7.25. The normalized spacial score (nSPS) is 9.00. The fourth-order valence-corrected chi connectivity index (χ4v) is 0.797. The van der Waals surface area contributed by atoms with E-state index in [4.69, 9.17) is 17.2 Å². The second-order valence-corrected chi connectivity index (χ2v) is 2.54. The van der Waals surface area contributed by atoms with Gasteiger partial charge in [0.25, 0.3) is 0 Å². The molecule has 0 radical (unpaired) electrons. The van der Waals surface area contributed by atoms with Gasteiger partial charge in [0.05, 0.1) is 5.69 Å². The standard InChI is InChI=1S/C9H12N4/c10-4-2-1-3-7-5-8(11)9(12)13-6-7/h5-6H,2,4,10-11H2,(H2,12,13). The Morgan fingerprint density at radius 3 is 2.77 bits per heavy atom. The molecule has 13 heavy (non-hydrogen) atoms. The van der Waals surface area contributed by atoms with Gasteiger partial charge >= 0.3 is 0 Å². The zero-order valence-corrected chi connectivity index (χ0v) is 7.25. The first-order chi connectivity index (χ1) is 6.24. The Balaban J connectivity index is 2.81. The first-order valence-corrected chi connectivity index (χ1v) is 3.94. The summed E-state index contributed by atoms with van der Waals surface area (Å²) in [5.74, 6) is 6.11. The van der Waals surface area contributed by atoms with E-state index in [0.29, 0.717) is 24.5 Å². The lowest BCUT2D eigenvalue weighted by Crippen LogP contribution is -1.98. The summed E-state index contributed by atoms with van der Waals surface area (Å²) in [4.78, 5) is 3.88. The van der Waals surface area contributed by atoms with Crippen LogP contribution in [-0.2, 0) is 0 Å². The largest absolute Gasteiger partial charge is 0.396 e. The van der Waals surface area contributed by atoms with Crippen LogP contribution in [0.15, 0.2) is 12.3 Å². The van der Waals surface area contributed by atoms with Gasteiger partial charge < -0.3 is 17.2 Å². The third-order valence-electron chi connectivity index (χ3n) is 1.45. The number of anilines is 2. The number of nitrogen functional groups attached to an aromatic ring is 2. The topological polar surface area (TPSA) is 90.9 Å². The van der Waals surface area contributed by atoms with E-state index in [0.717, 1.165) is 5.56 Å². The summed E-state index contributed by atoms with van der Waals surface area (Å²) in [7, 11) is 0. The number of aromatic nitrogens is 1. The van der Waals surface area contributed by atoms with Gasteiger partial charge in [-0.05, 0) is 6.07 Å². The average Bonchev–Trinajstić information content (AvgIpc) is 2.12. The molecule has 0 aliphatic rings. The van der Waals surface area contributed by atoms with Crippen molar-refractivity contribution < 1.29 is 0 Å². The number of pyridine rings is 1. The van der Waals surface area contributed by atoms with E-state index in [2.05, 4.69) is 16.8 Å². The number of rotatable bonds is 1. The molecule has 0 spiro atoms. The predicted molar refractivity (Wildman–Crippen MR) is 53.6 cm³/mol. The average molecular weight is 176 g/mol. The molecule has 0 aliphatic carbocycles. The summed E-state index contributed by atoms with van der Waals surface area (Å²) in [6.45, 7) is 0.560. The van der Waals surface area contributed by atoms with Gasteiger partial charge in [0.15, 0.2) is 0 Å². The Morgan fingerprint density at radius 1 is 1.38 bits per heavy atom. The van der Waals surface area contributed by atoms with E-state index in [1.54, 1.807) is 12.3 Å². The Labute approximate surface area is 77.1 Å². The Kier molecular flexibility index (Phi) is 3.12. The summed E-state index contributed by atoms with van der Waals surface area (Å²) < 4.78 is 0. The third kappa shape index (κ3) is 2.65. The van der Waals surface area contributed by atoms with Gasteiger partial charge in [0.2, 0.25) is 0 Å². The highest BCUT2D eigenvalue weighted by Gasteiger charge is 1.94. The minimum absolute atomic E-state index is 0.337. The second-order valence-electron chi connectivity index (χ2n) is 2.54. The van der Waals surface area contributed by atoms with Crippen molar-refractivity contribution in [1.29, 1.82) is 0 Å². The highest BCUT2D eigenvalue weighted by molar-refractivity contribution is 5.60. The molecule has 1 aromatic rings. The van der Waals surface area contributed by atoms with Crippen LogP contribution in [0.4, 0.5) is 11.5 Å². The Bertz CT molecular complexity index is 348. The molecule has 0 bridgehead atoms. The van der Waals surface area contributed by atoms with Crippen LogP contribution < -0.4 is 17.2 Å². The molecule has 1 heterocycles. The zero-order chi connectivity index (χ0) is 9.68. The molecular weight excluding hydrogens is 164 g/mol. The lowest BCUT2D eigenvalue weighted by Gasteiger charge is -1.97. The third-order valence-corrected chi connectivity index (χ3v) is 1.45. The molecule has 0 saturated carbocycles. The van der Waals surface area contributed by atoms with Crippen molar-refractivity contribution in [3.05, 3.63) is 17.8 Å². The van der Waals surface area contributed by atoms with Crippen molar-refractivity contribution in [2.75, 3.05) is 18.0 Å². The number of nitrogens with zero attached hydrogens (tertiary/aromatic N) is 1. The maximum Gasteiger partial charge on any atom is 0.146 e. The molecule has 0 aromatic carbocycles. The fourth-order valence-electron chi connectivity index (χ4n) is 0.797. The van der Waals surface area contributed by atoms with E-state index in [9.17, 15) is 0 Å². The first kappa shape index (κ1) is 9.36. The van der Waals surface area contributed by atoms with Crippen LogP contribution in [0.2, 0.25) is 0 Å². The molecule has 0 unspecified atom stereocenters. The van der Waals surface area contributed by atoms with Crippen molar-refractivity contribution in [2.45, 2.75) is 6.42 Å². The van der Waals surface area contributed by atoms with Gasteiger partial charge in [-0.1, -0.05) is 11.8 Å². The maximum atomic E-state index is 5.54. The summed E-state index contributed by atoms with van der Waals surface area (Å²) in [6.07, 6.45) is 2.26. The van der Waals surface area contributed by atoms with Crippen molar-refractivity contribution in [1.82, 2.24) is 4.98 Å². The van der Waals surface area contributed by atoms with Crippen molar-refractivity contribution in [2.24, 2.45) is 5.73 Å². The number of nitrogens with two attached hydrogens (primary N) is 3. The maximum absolute atomic E-state index is 5.54. The lowest BCUT2D eigenvalue weighted by atomic mass is 10.2. The molecule has 0 atom stereocenters. The number of hydrogen-bond donors (Lipinski definition) is 3. The van der Waals surface area contributed by atoms with E-state index in [-0.39, 0.29) is 0 Å². The molecule has 0 fully saturated rings. The Hall–Kier alpha value is -1.73. The quantitative estimate of drug-likeness (QED) is 0.523. The Morgan fingerprint density at radius 2 is 2.15 bits per heavy atom. The molecule has 4 heteroatoms. The van der Waals surface area contributed by atoms with Crippen molar-refractivity contribution in [3.63, 3.8) is 0 Å². The molecular formula is C9H12N4. The van der Waals surface area contributed by atoms with Gasteiger partial charge in [-0.2, -0.15) is 0 Å². The minimum atomic E-state index is 0.337. The summed E-state index contributed by atoms with van der Waals surface area (Å²) >= 11 is 0. The highest BCUT2D eigenvalue weighted by atomic mass is 14.9. The molecule has 1 rings (SSSR count). The van der Waals surface area contributed by atoms with Crippen molar-refractivity contribution in [3.8, 4) is 11.8 Å². The van der Waals surface area contributed by atoms with Gasteiger partial charge in [-0.25, -0.2) is 4.98 Å². The molecule has 1 aromatic heterocycles. The van der Waals surface area contributed by atoms with Gasteiger partial charge in [0, 0.05) is 24.7 Å². The van der Waals surface area contributed by atoms with Crippen LogP contribution in [-0.4, -0.2) is 11.5 Å². The van der Waals surface area contributed by atoms with Crippen LogP contribution in [0.3, 0.4) is 0 Å². The van der Waals surface area contributed by atoms with Crippen LogP contribution in [0.5, 0.6) is 0 Å². The molecule has 4 nitrogen and oxygen atoms in total. The summed E-state index contributed by atoms with van der Waals surface area (Å²) in [6, 6.07) is 1.70. The minimum Gasteiger partial charge on any atom is -0.396 e. The second kappa shape index (κ2) is 4.33. The van der Waals surface area contributed by atoms with Gasteiger partial charge in [-0.3, -0.25) is 0 Å². The summed E-state index contributed by atoms with van der Waals surface area (Å²) in [5.41, 5.74) is 17.5. The molecule has 0 saturated heterocycles. The van der Waals surface area contributed by atoms with Crippen LogP contribution in [0.1, 0.15) is 12.0 Å². The molecule has 0 amide bonds. The van der Waals surface area contributed by atoms with Gasteiger partial charge in [-0.15, -0.1) is 0 Å². The predicted octanol–water partition coefficient (Wildman–Crippen LogP) is -0.0537. The molecule has 0 aliphatic heterocycles. The van der Waals surface area contributed by atoms with E-state index in [1.165, 1.54) is 0 Å². The van der Waals surface area contributed by atoms with Crippen LogP contribution in [0.25, 0.3) is 0 Å². The van der Waals surface area contributed by atoms with Gasteiger partial charge in [0.1, 0.15) is 5.82 Å². The monoisotopic (exact) mass is 176 g/mol.